The van der Waals surface area contributed by atoms with Crippen LogP contribution in [0.4, 0.5) is 0 Å². The molecular weight excluding hydrogens is 507 g/mol. The summed E-state index contributed by atoms with van der Waals surface area (Å²) in [6, 6.07) is 17.8. The molecule has 0 aromatic heterocycles. The lowest BCUT2D eigenvalue weighted by Crippen LogP contribution is -2.36. The van der Waals surface area contributed by atoms with E-state index in [1.807, 2.05) is 51.1 Å². The molecule has 0 N–H and O–H groups in total. The summed E-state index contributed by atoms with van der Waals surface area (Å²) in [5.74, 6) is 3.06. The molecule has 0 radical (unpaired) electrons. The molecule has 2 aromatic carbocycles. The van der Waals surface area contributed by atoms with E-state index >= 15 is 0 Å². The van der Waals surface area contributed by atoms with Crippen molar-refractivity contribution >= 4 is 17.8 Å². The molecule has 0 spiro atoms. The van der Waals surface area contributed by atoms with Gasteiger partial charge in [-0.3, -0.25) is 9.05 Å². The maximum absolute atomic E-state index is 13.9. The van der Waals surface area contributed by atoms with Crippen molar-refractivity contribution in [1.29, 1.82) is 0 Å². The van der Waals surface area contributed by atoms with E-state index in [1.165, 1.54) is 8.98 Å². The lowest BCUT2D eigenvalue weighted by Gasteiger charge is -2.37. The number of hydrogen-bond donors (Lipinski definition) is 0. The quantitative estimate of drug-likeness (QED) is 0.169. The predicted molar refractivity (Wildman–Crippen MR) is 147 cm³/mol. The topological polar surface area (TPSA) is 76.2 Å². The van der Waals surface area contributed by atoms with Crippen molar-refractivity contribution < 1.29 is 22.0 Å². The van der Waals surface area contributed by atoms with Gasteiger partial charge >= 0.3 is 7.75 Å². The molecule has 198 valence electrons. The van der Waals surface area contributed by atoms with Crippen LogP contribution in [0.15, 0.2) is 84.3 Å². The van der Waals surface area contributed by atoms with Crippen LogP contribution in [-0.4, -0.2) is 43.7 Å². The number of hydrogen-bond acceptors (Lipinski definition) is 5. The van der Waals surface area contributed by atoms with E-state index in [4.69, 9.17) is 9.05 Å². The summed E-state index contributed by atoms with van der Waals surface area (Å²) in [5.41, 5.74) is 1.98. The van der Waals surface area contributed by atoms with Crippen molar-refractivity contribution in [3.63, 3.8) is 0 Å². The van der Waals surface area contributed by atoms with E-state index in [9.17, 15) is 13.0 Å². The van der Waals surface area contributed by atoms with Crippen molar-refractivity contribution in [2.45, 2.75) is 38.6 Å². The van der Waals surface area contributed by atoms with Crippen LogP contribution < -0.4 is 0 Å². The zero-order valence-corrected chi connectivity index (χ0v) is 23.6. The first kappa shape index (κ1) is 28.9. The summed E-state index contributed by atoms with van der Waals surface area (Å²) >= 11 is 0. The molecule has 1 saturated heterocycles. The van der Waals surface area contributed by atoms with Gasteiger partial charge in [-0.2, -0.15) is 4.31 Å². The minimum atomic E-state index is -3.98. The molecule has 1 heterocycles. The third-order valence-corrected chi connectivity index (χ3v) is 9.21. The first-order valence-corrected chi connectivity index (χ1v) is 14.9. The SMILES string of the molecule is C=CCN(C#CC(c1ccccc1)N(CC(=C)C)S(=O)(=O)c1ccc(C)cc1)P1(=O)OCC(C)(C)CO1. The molecule has 7 nitrogen and oxygen atoms in total. The summed E-state index contributed by atoms with van der Waals surface area (Å²) in [6.07, 6.45) is 1.55. The van der Waals surface area contributed by atoms with Gasteiger partial charge in [-0.05, 0) is 31.5 Å². The summed E-state index contributed by atoms with van der Waals surface area (Å²) in [6.45, 7) is 15.9. The van der Waals surface area contributed by atoms with Gasteiger partial charge in [0.05, 0.1) is 24.7 Å². The van der Waals surface area contributed by atoms with Crippen LogP contribution in [-0.2, 0) is 23.6 Å². The lowest BCUT2D eigenvalue weighted by molar-refractivity contribution is 0.0278. The van der Waals surface area contributed by atoms with E-state index in [0.717, 1.165) is 5.56 Å². The number of benzene rings is 2. The molecule has 3 rings (SSSR count). The van der Waals surface area contributed by atoms with Gasteiger partial charge in [0.2, 0.25) is 10.0 Å². The number of nitrogens with zero attached hydrogens (tertiary/aromatic N) is 2. The first-order valence-electron chi connectivity index (χ1n) is 11.9. The Bertz CT molecular complexity index is 1310. The molecule has 0 amide bonds. The summed E-state index contributed by atoms with van der Waals surface area (Å²) in [5, 5.41) is 0. The Balaban J connectivity index is 2.11. The Morgan fingerprint density at radius 3 is 2.27 bits per heavy atom. The van der Waals surface area contributed by atoms with Crippen LogP contribution in [0.2, 0.25) is 0 Å². The highest BCUT2D eigenvalue weighted by Gasteiger charge is 2.41. The standard InChI is InChI=1S/C28H35N2O5PS/c1-7-18-29(36(31)34-21-28(5,6)22-35-36)19-17-27(25-11-9-8-10-12-25)30(20-23(2)3)37(32,33)26-15-13-24(4)14-16-26/h7-16,27H,1-2,18,20-22H2,3-6H3. The highest BCUT2D eigenvalue weighted by Crippen LogP contribution is 2.56. The number of rotatable bonds is 9. The summed E-state index contributed by atoms with van der Waals surface area (Å²) < 4.78 is 55.2. The molecule has 1 fully saturated rings. The Hall–Kier alpha value is -2.66. The number of aryl methyl sites for hydroxylation is 1. The van der Waals surface area contributed by atoms with E-state index in [0.29, 0.717) is 11.1 Å². The monoisotopic (exact) mass is 542 g/mol. The fourth-order valence-corrected chi connectivity index (χ4v) is 7.05. The predicted octanol–water partition coefficient (Wildman–Crippen LogP) is 5.93. The minimum Gasteiger partial charge on any atom is -0.291 e. The summed E-state index contributed by atoms with van der Waals surface area (Å²) in [7, 11) is -7.70. The molecule has 1 atom stereocenters. The smallest absolute Gasteiger partial charge is 0.291 e. The Morgan fingerprint density at radius 2 is 1.73 bits per heavy atom. The van der Waals surface area contributed by atoms with Gasteiger partial charge in [-0.25, -0.2) is 17.7 Å². The van der Waals surface area contributed by atoms with Crippen LogP contribution in [0.5, 0.6) is 0 Å². The van der Waals surface area contributed by atoms with Gasteiger partial charge in [-0.1, -0.05) is 86.0 Å². The molecule has 0 aliphatic carbocycles. The third kappa shape index (κ3) is 7.22. The van der Waals surface area contributed by atoms with Gasteiger partial charge in [0.25, 0.3) is 0 Å². The zero-order chi connectivity index (χ0) is 27.3. The van der Waals surface area contributed by atoms with Crippen molar-refractivity contribution in [1.82, 2.24) is 8.98 Å². The van der Waals surface area contributed by atoms with Gasteiger partial charge in [0, 0.05) is 18.0 Å². The van der Waals surface area contributed by atoms with E-state index < -0.39 is 23.8 Å². The average Bonchev–Trinajstić information content (AvgIpc) is 2.85. The van der Waals surface area contributed by atoms with Crippen LogP contribution in [0.3, 0.4) is 0 Å². The normalized spacial score (nSPS) is 17.3. The second kappa shape index (κ2) is 11.8. The van der Waals surface area contributed by atoms with Gasteiger partial charge in [0.1, 0.15) is 6.04 Å². The fourth-order valence-electron chi connectivity index (χ4n) is 3.58. The Labute approximate surface area is 221 Å². The fraction of sp³-hybridized carbons (Fsp3) is 0.357. The lowest BCUT2D eigenvalue weighted by atomic mass is 9.97. The third-order valence-electron chi connectivity index (χ3n) is 5.62. The first-order chi connectivity index (χ1) is 17.4. The largest absolute Gasteiger partial charge is 0.442 e. The molecule has 37 heavy (non-hydrogen) atoms. The number of sulfonamides is 1. The highest BCUT2D eigenvalue weighted by atomic mass is 32.2. The van der Waals surface area contributed by atoms with Gasteiger partial charge < -0.3 is 0 Å². The van der Waals surface area contributed by atoms with E-state index in [2.05, 4.69) is 25.1 Å². The van der Waals surface area contributed by atoms with Gasteiger partial charge in [-0.15, -0.1) is 6.58 Å². The van der Waals surface area contributed by atoms with E-state index in [-0.39, 0.29) is 36.6 Å². The van der Waals surface area contributed by atoms with Gasteiger partial charge in [0.15, 0.2) is 0 Å². The minimum absolute atomic E-state index is 0.0464. The molecular formula is C28H35N2O5PS. The Morgan fingerprint density at radius 1 is 1.14 bits per heavy atom. The molecule has 9 heteroatoms. The molecule has 2 aromatic rings. The molecule has 1 unspecified atom stereocenters. The van der Waals surface area contributed by atoms with Crippen molar-refractivity contribution in [2.75, 3.05) is 26.3 Å². The highest BCUT2D eigenvalue weighted by molar-refractivity contribution is 7.89. The zero-order valence-electron chi connectivity index (χ0n) is 21.9. The Kier molecular flexibility index (Phi) is 9.22. The van der Waals surface area contributed by atoms with Crippen LogP contribution in [0.25, 0.3) is 0 Å². The maximum atomic E-state index is 13.9. The second-order valence-electron chi connectivity index (χ2n) is 9.94. The van der Waals surface area contributed by atoms with Crippen molar-refractivity contribution in [3.8, 4) is 12.0 Å². The second-order valence-corrected chi connectivity index (χ2v) is 13.8. The molecule has 1 aliphatic rings. The van der Waals surface area contributed by atoms with Crippen LogP contribution >= 0.6 is 7.75 Å². The maximum Gasteiger partial charge on any atom is 0.442 e. The van der Waals surface area contributed by atoms with Crippen molar-refractivity contribution in [3.05, 3.63) is 90.5 Å². The molecule has 1 aliphatic heterocycles. The van der Waals surface area contributed by atoms with E-state index in [1.54, 1.807) is 37.3 Å². The molecule has 0 bridgehead atoms. The summed E-state index contributed by atoms with van der Waals surface area (Å²) in [4.78, 5) is 0.152. The van der Waals surface area contributed by atoms with Crippen LogP contribution in [0, 0.1) is 24.3 Å². The van der Waals surface area contributed by atoms with Crippen LogP contribution in [0.1, 0.15) is 37.9 Å². The average molecular weight is 543 g/mol. The molecule has 0 saturated carbocycles. The van der Waals surface area contributed by atoms with Crippen molar-refractivity contribution in [2.24, 2.45) is 5.41 Å².